The summed E-state index contributed by atoms with van der Waals surface area (Å²) in [5.74, 6) is 0.257. The Bertz CT molecular complexity index is 1220. The van der Waals surface area contributed by atoms with Crippen LogP contribution in [0.1, 0.15) is 17.2 Å². The second kappa shape index (κ2) is 9.68. The molecular weight excluding hydrogens is 404 g/mol. The van der Waals surface area contributed by atoms with Crippen LogP contribution >= 0.6 is 0 Å². The maximum Gasteiger partial charge on any atom is 0.247 e. The van der Waals surface area contributed by atoms with Crippen LogP contribution in [0.3, 0.4) is 0 Å². The van der Waals surface area contributed by atoms with Crippen molar-refractivity contribution in [1.82, 2.24) is 29.9 Å². The lowest BCUT2D eigenvalue weighted by Crippen LogP contribution is -2.35. The van der Waals surface area contributed by atoms with E-state index in [1.54, 1.807) is 34.0 Å². The number of carbonyl (C=O) groups is 1. The first-order valence-electron chi connectivity index (χ1n) is 10.1. The quantitative estimate of drug-likeness (QED) is 0.448. The molecule has 0 saturated carbocycles. The number of carbonyl (C=O) groups excluding carboxylic acids is 1. The first kappa shape index (κ1) is 21.0. The summed E-state index contributed by atoms with van der Waals surface area (Å²) in [4.78, 5) is 17.5. The summed E-state index contributed by atoms with van der Waals surface area (Å²) in [5.41, 5.74) is 3.22. The molecule has 0 spiro atoms. The van der Waals surface area contributed by atoms with Crippen molar-refractivity contribution in [2.45, 2.75) is 12.6 Å². The van der Waals surface area contributed by atoms with Gasteiger partial charge in [0.1, 0.15) is 17.9 Å². The van der Waals surface area contributed by atoms with Gasteiger partial charge < -0.3 is 10.6 Å². The van der Waals surface area contributed by atoms with Crippen molar-refractivity contribution < 1.29 is 4.79 Å². The highest BCUT2D eigenvalue weighted by Gasteiger charge is 2.20. The highest BCUT2D eigenvalue weighted by atomic mass is 16.2. The lowest BCUT2D eigenvalue weighted by molar-refractivity contribution is -0.118. The molecule has 1 amide bonds. The fourth-order valence-electron chi connectivity index (χ4n) is 3.28. The zero-order chi connectivity index (χ0) is 22.3. The molecule has 9 heteroatoms. The van der Waals surface area contributed by atoms with Gasteiger partial charge in [-0.2, -0.15) is 15.5 Å². The number of hydrogen-bond donors (Lipinski definition) is 2. The Morgan fingerprint density at radius 1 is 1.06 bits per heavy atom. The van der Waals surface area contributed by atoms with Gasteiger partial charge in [0, 0.05) is 43.3 Å². The van der Waals surface area contributed by atoms with Crippen LogP contribution in [-0.4, -0.2) is 37.0 Å². The number of pyridine rings is 1. The van der Waals surface area contributed by atoms with Crippen LogP contribution in [0.5, 0.6) is 0 Å². The van der Waals surface area contributed by atoms with E-state index in [1.807, 2.05) is 49.6 Å². The topological polar surface area (TPSA) is 113 Å². The molecule has 32 heavy (non-hydrogen) atoms. The third-order valence-corrected chi connectivity index (χ3v) is 4.90. The summed E-state index contributed by atoms with van der Waals surface area (Å²) in [6.45, 7) is 1.02. The molecule has 0 fully saturated rings. The van der Waals surface area contributed by atoms with E-state index in [0.717, 1.165) is 16.7 Å². The number of aryl methyl sites for hydroxylation is 1. The van der Waals surface area contributed by atoms with E-state index >= 15 is 0 Å². The minimum Gasteiger partial charge on any atom is -0.309 e. The van der Waals surface area contributed by atoms with E-state index in [0.29, 0.717) is 24.5 Å². The van der Waals surface area contributed by atoms with Crippen LogP contribution in [0.2, 0.25) is 0 Å². The minimum absolute atomic E-state index is 0.212. The SMILES string of the molecule is Cn1cc(-c2ccc(NC(=O)[C@H](NCCn3cc(C#N)cn3)c3ccccc3)nc2)cn1. The lowest BCUT2D eigenvalue weighted by Gasteiger charge is -2.19. The maximum atomic E-state index is 13.1. The van der Waals surface area contributed by atoms with E-state index < -0.39 is 6.04 Å². The molecule has 4 aromatic rings. The van der Waals surface area contributed by atoms with Gasteiger partial charge in [-0.1, -0.05) is 30.3 Å². The molecule has 0 saturated heterocycles. The first-order valence-corrected chi connectivity index (χ1v) is 10.1. The molecule has 0 radical (unpaired) electrons. The third-order valence-electron chi connectivity index (χ3n) is 4.90. The number of nitrogens with zero attached hydrogens (tertiary/aromatic N) is 6. The number of anilines is 1. The number of nitrogens with one attached hydrogen (secondary N) is 2. The van der Waals surface area contributed by atoms with Crippen molar-refractivity contribution in [1.29, 1.82) is 5.26 Å². The molecule has 2 N–H and O–H groups in total. The fourth-order valence-corrected chi connectivity index (χ4v) is 3.28. The molecule has 0 unspecified atom stereocenters. The summed E-state index contributed by atoms with van der Waals surface area (Å²) in [6.07, 6.45) is 8.57. The maximum absolute atomic E-state index is 13.1. The highest BCUT2D eigenvalue weighted by Crippen LogP contribution is 2.20. The predicted octanol–water partition coefficient (Wildman–Crippen LogP) is 2.52. The number of nitriles is 1. The van der Waals surface area contributed by atoms with E-state index in [-0.39, 0.29) is 5.91 Å². The molecule has 0 bridgehead atoms. The van der Waals surface area contributed by atoms with Crippen molar-refractivity contribution in [3.63, 3.8) is 0 Å². The lowest BCUT2D eigenvalue weighted by atomic mass is 10.1. The molecule has 160 valence electrons. The number of aromatic nitrogens is 5. The standard InChI is InChI=1S/C23H22N8O/c1-30-16-20(14-27-30)19-7-8-21(26-13-19)29-23(32)22(18-5-3-2-4-6-18)25-9-10-31-15-17(11-24)12-28-31/h2-8,12-16,22,25H,9-10H2,1H3,(H,26,29,32)/t22-/m1/s1. The minimum atomic E-state index is -0.568. The summed E-state index contributed by atoms with van der Waals surface area (Å²) in [6, 6.07) is 14.7. The Hall–Kier alpha value is -4.29. The van der Waals surface area contributed by atoms with Gasteiger partial charge in [-0.05, 0) is 17.7 Å². The second-order valence-corrected chi connectivity index (χ2v) is 7.23. The van der Waals surface area contributed by atoms with Gasteiger partial charge in [-0.25, -0.2) is 4.98 Å². The zero-order valence-corrected chi connectivity index (χ0v) is 17.5. The van der Waals surface area contributed by atoms with E-state index in [9.17, 15) is 4.79 Å². The molecular formula is C23H22N8O. The monoisotopic (exact) mass is 426 g/mol. The molecule has 9 nitrogen and oxygen atoms in total. The molecule has 0 aliphatic carbocycles. The molecule has 4 rings (SSSR count). The Morgan fingerprint density at radius 3 is 2.56 bits per heavy atom. The molecule has 0 aliphatic rings. The van der Waals surface area contributed by atoms with Crippen LogP contribution in [0, 0.1) is 11.3 Å². The summed E-state index contributed by atoms with van der Waals surface area (Å²) >= 11 is 0. The average molecular weight is 426 g/mol. The summed E-state index contributed by atoms with van der Waals surface area (Å²) in [5, 5.41) is 23.4. The largest absolute Gasteiger partial charge is 0.309 e. The van der Waals surface area contributed by atoms with Gasteiger partial charge in [0.15, 0.2) is 0 Å². The normalized spacial score (nSPS) is 11.6. The van der Waals surface area contributed by atoms with E-state index in [4.69, 9.17) is 5.26 Å². The number of benzene rings is 1. The highest BCUT2D eigenvalue weighted by molar-refractivity contribution is 5.94. The van der Waals surface area contributed by atoms with Crippen molar-refractivity contribution in [2.24, 2.45) is 7.05 Å². The summed E-state index contributed by atoms with van der Waals surface area (Å²) in [7, 11) is 1.86. The van der Waals surface area contributed by atoms with Crippen molar-refractivity contribution in [3.8, 4) is 17.2 Å². The second-order valence-electron chi connectivity index (χ2n) is 7.23. The van der Waals surface area contributed by atoms with E-state index in [1.165, 1.54) is 6.20 Å². The Kier molecular flexibility index (Phi) is 6.34. The van der Waals surface area contributed by atoms with Crippen molar-refractivity contribution >= 4 is 11.7 Å². The molecule has 3 heterocycles. The Morgan fingerprint density at radius 2 is 1.91 bits per heavy atom. The van der Waals surface area contributed by atoms with E-state index in [2.05, 4.69) is 31.9 Å². The number of hydrogen-bond acceptors (Lipinski definition) is 6. The number of rotatable bonds is 8. The van der Waals surface area contributed by atoms with Gasteiger partial charge in [-0.15, -0.1) is 0 Å². The van der Waals surface area contributed by atoms with Crippen LogP contribution in [0.4, 0.5) is 5.82 Å². The van der Waals surface area contributed by atoms with Crippen LogP contribution in [0.15, 0.2) is 73.4 Å². The van der Waals surface area contributed by atoms with Gasteiger partial charge in [0.05, 0.1) is 24.5 Å². The molecule has 0 aliphatic heterocycles. The Labute approximate surface area is 185 Å². The zero-order valence-electron chi connectivity index (χ0n) is 17.5. The third kappa shape index (κ3) is 5.06. The van der Waals surface area contributed by atoms with Crippen LogP contribution < -0.4 is 10.6 Å². The molecule has 1 aromatic carbocycles. The average Bonchev–Trinajstić information content (AvgIpc) is 3.46. The van der Waals surface area contributed by atoms with Gasteiger partial charge >= 0.3 is 0 Å². The Balaban J connectivity index is 1.43. The van der Waals surface area contributed by atoms with Crippen LogP contribution in [-0.2, 0) is 18.4 Å². The van der Waals surface area contributed by atoms with Crippen molar-refractivity contribution in [2.75, 3.05) is 11.9 Å². The molecule has 3 aromatic heterocycles. The fraction of sp³-hybridized carbons (Fsp3) is 0.174. The van der Waals surface area contributed by atoms with Crippen LogP contribution in [0.25, 0.3) is 11.1 Å². The van der Waals surface area contributed by atoms with Gasteiger partial charge in [-0.3, -0.25) is 14.2 Å². The predicted molar refractivity (Wildman–Crippen MR) is 119 cm³/mol. The molecule has 1 atom stereocenters. The number of amides is 1. The van der Waals surface area contributed by atoms with Gasteiger partial charge in [0.25, 0.3) is 0 Å². The van der Waals surface area contributed by atoms with Crippen molar-refractivity contribution in [3.05, 3.63) is 84.6 Å². The summed E-state index contributed by atoms with van der Waals surface area (Å²) < 4.78 is 3.40. The smallest absolute Gasteiger partial charge is 0.247 e. The first-order chi connectivity index (χ1) is 15.6. The van der Waals surface area contributed by atoms with Gasteiger partial charge in [0.2, 0.25) is 5.91 Å².